The quantitative estimate of drug-likeness (QED) is 0.759. The van der Waals surface area contributed by atoms with Crippen molar-refractivity contribution in [1.82, 2.24) is 0 Å². The third kappa shape index (κ3) is 2.46. The number of nitriles is 1. The molecule has 1 aromatic rings. The molecule has 16 heavy (non-hydrogen) atoms. The molecule has 1 unspecified atom stereocenters. The van der Waals surface area contributed by atoms with Crippen LogP contribution in [-0.4, -0.2) is 6.54 Å². The maximum Gasteiger partial charge on any atom is 0.101 e. The molecular formula is C13H17N3. The third-order valence-corrected chi connectivity index (χ3v) is 3.23. The van der Waals surface area contributed by atoms with Crippen LogP contribution in [0.4, 0.5) is 11.4 Å². The lowest BCUT2D eigenvalue weighted by atomic mass is 10.1. The van der Waals surface area contributed by atoms with E-state index in [0.717, 1.165) is 18.2 Å². The van der Waals surface area contributed by atoms with E-state index in [9.17, 15) is 0 Å². The average molecular weight is 215 g/mol. The Kier molecular flexibility index (Phi) is 3.00. The number of hydrogen-bond donors (Lipinski definition) is 2. The fraction of sp³-hybridized carbons (Fsp3) is 0.462. The largest absolute Gasteiger partial charge is 0.398 e. The lowest BCUT2D eigenvalue weighted by molar-refractivity contribution is 0.536. The topological polar surface area (TPSA) is 61.8 Å². The first-order valence-corrected chi connectivity index (χ1v) is 5.74. The second-order valence-corrected chi connectivity index (χ2v) is 4.61. The summed E-state index contributed by atoms with van der Waals surface area (Å²) in [6, 6.07) is 7.61. The van der Waals surface area contributed by atoms with Crippen molar-refractivity contribution in [2.75, 3.05) is 17.6 Å². The van der Waals surface area contributed by atoms with Crippen molar-refractivity contribution in [3.63, 3.8) is 0 Å². The van der Waals surface area contributed by atoms with Crippen LogP contribution in [0, 0.1) is 23.2 Å². The molecule has 1 saturated carbocycles. The average Bonchev–Trinajstić information content (AvgIpc) is 3.11. The van der Waals surface area contributed by atoms with Crippen LogP contribution >= 0.6 is 0 Å². The number of nitrogens with two attached hydrogens (primary N) is 1. The SMILES string of the molecule is CC(CNc1ccc(N)c(C#N)c1)C1CC1. The van der Waals surface area contributed by atoms with Crippen molar-refractivity contribution in [2.45, 2.75) is 19.8 Å². The number of hydrogen-bond acceptors (Lipinski definition) is 3. The highest BCUT2D eigenvalue weighted by atomic mass is 14.9. The van der Waals surface area contributed by atoms with Crippen molar-refractivity contribution in [3.8, 4) is 6.07 Å². The summed E-state index contributed by atoms with van der Waals surface area (Å²) in [5.74, 6) is 1.61. The van der Waals surface area contributed by atoms with Crippen LogP contribution in [0.3, 0.4) is 0 Å². The number of nitrogens with zero attached hydrogens (tertiary/aromatic N) is 1. The fourth-order valence-corrected chi connectivity index (χ4v) is 1.87. The maximum atomic E-state index is 8.86. The molecule has 3 heteroatoms. The van der Waals surface area contributed by atoms with E-state index in [-0.39, 0.29) is 0 Å². The van der Waals surface area contributed by atoms with Crippen molar-refractivity contribution in [1.29, 1.82) is 5.26 Å². The molecule has 84 valence electrons. The van der Waals surface area contributed by atoms with E-state index >= 15 is 0 Å². The molecule has 0 spiro atoms. The van der Waals surface area contributed by atoms with Gasteiger partial charge < -0.3 is 11.1 Å². The Bertz CT molecular complexity index is 416. The van der Waals surface area contributed by atoms with Crippen LogP contribution in [0.15, 0.2) is 18.2 Å². The van der Waals surface area contributed by atoms with Gasteiger partial charge in [0.1, 0.15) is 6.07 Å². The van der Waals surface area contributed by atoms with E-state index in [1.165, 1.54) is 12.8 Å². The highest BCUT2D eigenvalue weighted by Gasteiger charge is 2.27. The summed E-state index contributed by atoms with van der Waals surface area (Å²) in [6.45, 7) is 3.24. The van der Waals surface area contributed by atoms with Gasteiger partial charge in [-0.25, -0.2) is 0 Å². The van der Waals surface area contributed by atoms with E-state index in [1.807, 2.05) is 12.1 Å². The number of benzene rings is 1. The van der Waals surface area contributed by atoms with Gasteiger partial charge in [-0.3, -0.25) is 0 Å². The lowest BCUT2D eigenvalue weighted by Gasteiger charge is -2.13. The molecule has 3 N–H and O–H groups in total. The first-order chi connectivity index (χ1) is 7.70. The van der Waals surface area contributed by atoms with Crippen LogP contribution in [0.25, 0.3) is 0 Å². The number of anilines is 2. The smallest absolute Gasteiger partial charge is 0.101 e. The highest BCUT2D eigenvalue weighted by Crippen LogP contribution is 2.36. The number of nitrogen functional groups attached to an aromatic ring is 1. The predicted molar refractivity (Wildman–Crippen MR) is 65.9 cm³/mol. The third-order valence-electron chi connectivity index (χ3n) is 3.23. The highest BCUT2D eigenvalue weighted by molar-refractivity contribution is 5.61. The van der Waals surface area contributed by atoms with E-state index in [0.29, 0.717) is 17.2 Å². The zero-order valence-corrected chi connectivity index (χ0v) is 9.53. The molecule has 0 aromatic heterocycles. The maximum absolute atomic E-state index is 8.86. The van der Waals surface area contributed by atoms with Crippen molar-refractivity contribution in [3.05, 3.63) is 23.8 Å². The first-order valence-electron chi connectivity index (χ1n) is 5.74. The molecule has 2 rings (SSSR count). The minimum Gasteiger partial charge on any atom is -0.398 e. The molecule has 1 aliphatic rings. The lowest BCUT2D eigenvalue weighted by Crippen LogP contribution is -2.13. The van der Waals surface area contributed by atoms with Gasteiger partial charge in [-0.05, 0) is 42.9 Å². The Morgan fingerprint density at radius 3 is 2.94 bits per heavy atom. The van der Waals surface area contributed by atoms with Gasteiger partial charge in [-0.2, -0.15) is 5.26 Å². The molecule has 1 fully saturated rings. The van der Waals surface area contributed by atoms with Crippen LogP contribution in [0.1, 0.15) is 25.3 Å². The molecular weight excluding hydrogens is 198 g/mol. The molecule has 0 saturated heterocycles. The zero-order valence-electron chi connectivity index (χ0n) is 9.53. The van der Waals surface area contributed by atoms with Gasteiger partial charge in [0.15, 0.2) is 0 Å². The minimum absolute atomic E-state index is 0.545. The normalized spacial score (nSPS) is 16.5. The summed E-state index contributed by atoms with van der Waals surface area (Å²) < 4.78 is 0. The van der Waals surface area contributed by atoms with Gasteiger partial charge >= 0.3 is 0 Å². The van der Waals surface area contributed by atoms with Crippen LogP contribution in [0.5, 0.6) is 0 Å². The Morgan fingerprint density at radius 2 is 2.31 bits per heavy atom. The molecule has 1 aromatic carbocycles. The van der Waals surface area contributed by atoms with Crippen molar-refractivity contribution < 1.29 is 0 Å². The first kappa shape index (κ1) is 10.8. The second-order valence-electron chi connectivity index (χ2n) is 4.61. The van der Waals surface area contributed by atoms with Gasteiger partial charge in [-0.15, -0.1) is 0 Å². The monoisotopic (exact) mass is 215 g/mol. The fourth-order valence-electron chi connectivity index (χ4n) is 1.87. The number of nitrogens with one attached hydrogen (secondary N) is 1. The molecule has 0 bridgehead atoms. The van der Waals surface area contributed by atoms with Crippen molar-refractivity contribution >= 4 is 11.4 Å². The predicted octanol–water partition coefficient (Wildman–Crippen LogP) is 2.60. The summed E-state index contributed by atoms with van der Waals surface area (Å²) in [5.41, 5.74) is 7.74. The Hall–Kier alpha value is -1.69. The summed E-state index contributed by atoms with van der Waals surface area (Å²) in [4.78, 5) is 0. The van der Waals surface area contributed by atoms with E-state index < -0.39 is 0 Å². The molecule has 1 atom stereocenters. The van der Waals surface area contributed by atoms with Gasteiger partial charge in [0.05, 0.1) is 5.56 Å². The second kappa shape index (κ2) is 4.44. The molecule has 3 nitrogen and oxygen atoms in total. The van der Waals surface area contributed by atoms with E-state index in [2.05, 4.69) is 18.3 Å². The summed E-state index contributed by atoms with van der Waals surface area (Å²) in [5, 5.41) is 12.2. The standard InChI is InChI=1S/C13H17N3/c1-9(10-2-3-10)8-16-12-4-5-13(15)11(6-12)7-14/h4-6,9-10,16H,2-3,8,15H2,1H3. The Balaban J connectivity index is 1.96. The Labute approximate surface area is 96.3 Å². The van der Waals surface area contributed by atoms with Crippen LogP contribution in [-0.2, 0) is 0 Å². The molecule has 0 radical (unpaired) electrons. The summed E-state index contributed by atoms with van der Waals surface area (Å²) in [6.07, 6.45) is 2.74. The Morgan fingerprint density at radius 1 is 1.56 bits per heavy atom. The van der Waals surface area contributed by atoms with Crippen LogP contribution < -0.4 is 11.1 Å². The minimum atomic E-state index is 0.545. The van der Waals surface area contributed by atoms with Gasteiger partial charge in [0, 0.05) is 17.9 Å². The van der Waals surface area contributed by atoms with Gasteiger partial charge in [0.2, 0.25) is 0 Å². The van der Waals surface area contributed by atoms with Crippen LogP contribution in [0.2, 0.25) is 0 Å². The molecule has 0 aliphatic heterocycles. The summed E-state index contributed by atoms with van der Waals surface area (Å²) in [7, 11) is 0. The molecule has 1 aliphatic carbocycles. The van der Waals surface area contributed by atoms with Crippen molar-refractivity contribution in [2.24, 2.45) is 11.8 Å². The summed E-state index contributed by atoms with van der Waals surface area (Å²) >= 11 is 0. The van der Waals surface area contributed by atoms with Gasteiger partial charge in [-0.1, -0.05) is 6.92 Å². The van der Waals surface area contributed by atoms with E-state index in [1.54, 1.807) is 6.07 Å². The molecule has 0 heterocycles. The zero-order chi connectivity index (χ0) is 11.5. The number of rotatable bonds is 4. The molecule has 0 amide bonds. The van der Waals surface area contributed by atoms with Gasteiger partial charge in [0.25, 0.3) is 0 Å². The van der Waals surface area contributed by atoms with E-state index in [4.69, 9.17) is 11.0 Å².